The predicted molar refractivity (Wildman–Crippen MR) is 81.2 cm³/mol. The lowest BCUT2D eigenvalue weighted by atomic mass is 10.2. The summed E-state index contributed by atoms with van der Waals surface area (Å²) in [7, 11) is 0. The Hall–Kier alpha value is -1.31. The average Bonchev–Trinajstić information content (AvgIpc) is 3.09. The maximum atomic E-state index is 5.83. The summed E-state index contributed by atoms with van der Waals surface area (Å²) >= 11 is 1.76. The summed E-state index contributed by atoms with van der Waals surface area (Å²) in [6, 6.07) is 0. The fourth-order valence-electron chi connectivity index (χ4n) is 2.50. The monoisotopic (exact) mass is 307 g/mol. The summed E-state index contributed by atoms with van der Waals surface area (Å²) in [5.74, 6) is 1.73. The molecule has 1 saturated heterocycles. The van der Waals surface area contributed by atoms with Crippen LogP contribution in [-0.2, 0) is 17.7 Å². The van der Waals surface area contributed by atoms with E-state index in [0.717, 1.165) is 55.7 Å². The van der Waals surface area contributed by atoms with E-state index in [9.17, 15) is 0 Å². The molecule has 1 aliphatic rings. The lowest BCUT2D eigenvalue weighted by molar-refractivity contribution is -0.0368. The van der Waals surface area contributed by atoms with Gasteiger partial charge in [-0.3, -0.25) is 10.00 Å². The molecule has 0 aliphatic carbocycles. The zero-order valence-corrected chi connectivity index (χ0v) is 13.3. The van der Waals surface area contributed by atoms with Crippen LogP contribution < -0.4 is 0 Å². The molecule has 0 unspecified atom stereocenters. The minimum atomic E-state index is -0.0328. The Morgan fingerprint density at radius 3 is 3.19 bits per heavy atom. The fourth-order valence-corrected chi connectivity index (χ4v) is 3.34. The quantitative estimate of drug-likeness (QED) is 0.916. The van der Waals surface area contributed by atoms with E-state index >= 15 is 0 Å². The van der Waals surface area contributed by atoms with E-state index in [4.69, 9.17) is 4.74 Å². The highest BCUT2D eigenvalue weighted by molar-refractivity contribution is 7.11. The van der Waals surface area contributed by atoms with Gasteiger partial charge in [-0.1, -0.05) is 6.92 Å². The van der Waals surface area contributed by atoms with E-state index in [-0.39, 0.29) is 6.10 Å². The van der Waals surface area contributed by atoms with E-state index < -0.39 is 0 Å². The van der Waals surface area contributed by atoms with Crippen LogP contribution in [0.25, 0.3) is 0 Å². The van der Waals surface area contributed by atoms with Gasteiger partial charge in [-0.25, -0.2) is 9.97 Å². The summed E-state index contributed by atoms with van der Waals surface area (Å²) in [5.41, 5.74) is 0. The third-order valence-electron chi connectivity index (χ3n) is 3.52. The van der Waals surface area contributed by atoms with Crippen molar-refractivity contribution in [1.82, 2.24) is 25.1 Å². The fraction of sp³-hybridized carbons (Fsp3) is 0.643. The summed E-state index contributed by atoms with van der Waals surface area (Å²) < 4.78 is 5.83. The van der Waals surface area contributed by atoms with E-state index in [2.05, 4.69) is 32.0 Å². The van der Waals surface area contributed by atoms with Crippen molar-refractivity contribution in [2.75, 3.05) is 19.7 Å². The van der Waals surface area contributed by atoms with Crippen LogP contribution in [0.3, 0.4) is 0 Å². The Morgan fingerprint density at radius 1 is 1.52 bits per heavy atom. The van der Waals surface area contributed by atoms with Crippen molar-refractivity contribution in [3.8, 4) is 0 Å². The van der Waals surface area contributed by atoms with Crippen molar-refractivity contribution in [1.29, 1.82) is 0 Å². The molecule has 2 aromatic rings. The minimum Gasteiger partial charge on any atom is -0.367 e. The van der Waals surface area contributed by atoms with Crippen LogP contribution in [0.2, 0.25) is 0 Å². The molecular weight excluding hydrogens is 286 g/mol. The zero-order chi connectivity index (χ0) is 14.7. The molecule has 1 fully saturated rings. The van der Waals surface area contributed by atoms with Crippen molar-refractivity contribution in [3.05, 3.63) is 27.7 Å². The second kappa shape index (κ2) is 6.64. The summed E-state index contributed by atoms with van der Waals surface area (Å²) in [6.45, 7) is 7.61. The SMILES string of the molecule is CCCc1nc([C@H]2CN(Cc3cnc(C)s3)CCO2)n[nH]1. The van der Waals surface area contributed by atoms with Gasteiger partial charge < -0.3 is 4.74 Å². The van der Waals surface area contributed by atoms with Gasteiger partial charge >= 0.3 is 0 Å². The number of morpholine rings is 1. The van der Waals surface area contributed by atoms with Gasteiger partial charge in [0.05, 0.1) is 11.6 Å². The molecule has 0 radical (unpaired) electrons. The van der Waals surface area contributed by atoms with Crippen LogP contribution in [0.1, 0.15) is 41.0 Å². The third-order valence-corrected chi connectivity index (χ3v) is 4.42. The smallest absolute Gasteiger partial charge is 0.180 e. The number of aromatic amines is 1. The number of thiazole rings is 1. The molecule has 21 heavy (non-hydrogen) atoms. The first-order chi connectivity index (χ1) is 10.2. The molecular formula is C14H21N5OS. The average molecular weight is 307 g/mol. The van der Waals surface area contributed by atoms with Gasteiger partial charge in [0.25, 0.3) is 0 Å². The van der Waals surface area contributed by atoms with Crippen molar-refractivity contribution < 1.29 is 4.74 Å². The van der Waals surface area contributed by atoms with Gasteiger partial charge in [0.1, 0.15) is 11.9 Å². The largest absolute Gasteiger partial charge is 0.367 e. The Morgan fingerprint density at radius 2 is 2.43 bits per heavy atom. The van der Waals surface area contributed by atoms with Gasteiger partial charge in [0.2, 0.25) is 0 Å². The number of nitrogens with one attached hydrogen (secondary N) is 1. The highest BCUT2D eigenvalue weighted by atomic mass is 32.1. The first-order valence-electron chi connectivity index (χ1n) is 7.41. The van der Waals surface area contributed by atoms with Crippen LogP contribution in [0, 0.1) is 6.92 Å². The lowest BCUT2D eigenvalue weighted by Crippen LogP contribution is -2.38. The summed E-state index contributed by atoms with van der Waals surface area (Å²) in [5, 5.41) is 8.43. The number of H-pyrrole nitrogens is 1. The maximum Gasteiger partial charge on any atom is 0.180 e. The molecule has 114 valence electrons. The predicted octanol–water partition coefficient (Wildman–Crippen LogP) is 2.10. The molecule has 0 amide bonds. The molecule has 0 saturated carbocycles. The van der Waals surface area contributed by atoms with E-state index in [1.54, 1.807) is 11.3 Å². The molecule has 1 N–H and O–H groups in total. The second-order valence-corrected chi connectivity index (χ2v) is 6.65. The minimum absolute atomic E-state index is 0.0328. The Kier molecular flexibility index (Phi) is 4.62. The summed E-state index contributed by atoms with van der Waals surface area (Å²) in [4.78, 5) is 12.5. The Labute approximate surface area is 128 Å². The van der Waals surface area contributed by atoms with Crippen molar-refractivity contribution in [2.24, 2.45) is 0 Å². The van der Waals surface area contributed by atoms with Crippen LogP contribution in [-0.4, -0.2) is 44.8 Å². The van der Waals surface area contributed by atoms with Crippen molar-refractivity contribution in [2.45, 2.75) is 39.3 Å². The zero-order valence-electron chi connectivity index (χ0n) is 12.5. The highest BCUT2D eigenvalue weighted by Gasteiger charge is 2.25. The highest BCUT2D eigenvalue weighted by Crippen LogP contribution is 2.22. The first-order valence-corrected chi connectivity index (χ1v) is 8.22. The molecule has 0 bridgehead atoms. The van der Waals surface area contributed by atoms with Crippen LogP contribution in [0.4, 0.5) is 0 Å². The van der Waals surface area contributed by atoms with Crippen LogP contribution >= 0.6 is 11.3 Å². The molecule has 0 aromatic carbocycles. The molecule has 0 spiro atoms. The van der Waals surface area contributed by atoms with Gasteiger partial charge in [0, 0.05) is 37.1 Å². The lowest BCUT2D eigenvalue weighted by Gasteiger charge is -2.31. The number of rotatable bonds is 5. The van der Waals surface area contributed by atoms with Crippen LogP contribution in [0.5, 0.6) is 0 Å². The molecule has 7 heteroatoms. The van der Waals surface area contributed by atoms with E-state index in [1.165, 1.54) is 4.88 Å². The van der Waals surface area contributed by atoms with Crippen LogP contribution in [0.15, 0.2) is 6.20 Å². The molecule has 1 atom stereocenters. The molecule has 3 rings (SSSR count). The number of aromatic nitrogens is 4. The van der Waals surface area contributed by atoms with Gasteiger partial charge in [-0.2, -0.15) is 5.10 Å². The second-order valence-electron chi connectivity index (χ2n) is 5.33. The van der Waals surface area contributed by atoms with Gasteiger partial charge in [-0.15, -0.1) is 11.3 Å². The third kappa shape index (κ3) is 3.66. The molecule has 1 aliphatic heterocycles. The Bertz CT molecular complexity index is 581. The first kappa shape index (κ1) is 14.6. The normalized spacial score (nSPS) is 20.0. The number of ether oxygens (including phenoxy) is 1. The molecule has 3 heterocycles. The molecule has 6 nitrogen and oxygen atoms in total. The number of nitrogens with zero attached hydrogens (tertiary/aromatic N) is 4. The topological polar surface area (TPSA) is 66.9 Å². The van der Waals surface area contributed by atoms with Gasteiger partial charge in [0.15, 0.2) is 5.82 Å². The maximum absolute atomic E-state index is 5.83. The number of hydrogen-bond donors (Lipinski definition) is 1. The summed E-state index contributed by atoms with van der Waals surface area (Å²) in [6.07, 6.45) is 3.94. The molecule has 2 aromatic heterocycles. The Balaban J connectivity index is 1.61. The van der Waals surface area contributed by atoms with Crippen molar-refractivity contribution >= 4 is 11.3 Å². The number of hydrogen-bond acceptors (Lipinski definition) is 6. The number of aryl methyl sites for hydroxylation is 2. The van der Waals surface area contributed by atoms with Gasteiger partial charge in [-0.05, 0) is 13.3 Å². The standard InChI is InChI=1S/C14H21N5OS/c1-3-4-13-16-14(18-17-13)12-9-19(5-6-20-12)8-11-7-15-10(2)21-11/h7,12H,3-6,8-9H2,1-2H3,(H,16,17,18)/t12-/m1/s1. The van der Waals surface area contributed by atoms with Crippen molar-refractivity contribution in [3.63, 3.8) is 0 Å². The van der Waals surface area contributed by atoms with E-state index in [0.29, 0.717) is 0 Å². The van der Waals surface area contributed by atoms with E-state index in [1.807, 2.05) is 13.1 Å².